The molecule has 2 heteroatoms. The van der Waals surface area contributed by atoms with Crippen molar-refractivity contribution in [1.29, 1.82) is 0 Å². The molecule has 0 fully saturated rings. The van der Waals surface area contributed by atoms with Crippen LogP contribution in [0.4, 0.5) is 0 Å². The Morgan fingerprint density at radius 3 is 2.14 bits per heavy atom. The number of benzene rings is 6. The maximum atomic E-state index is 6.50. The smallest absolute Gasteiger partial charge is 0.160 e. The summed E-state index contributed by atoms with van der Waals surface area (Å²) in [6, 6.07) is 45.4. The highest BCUT2D eigenvalue weighted by molar-refractivity contribution is 6.21. The van der Waals surface area contributed by atoms with Gasteiger partial charge in [-0.15, -0.1) is 0 Å². The number of para-hydroxylation sites is 2. The van der Waals surface area contributed by atoms with Gasteiger partial charge in [-0.05, 0) is 58.3 Å². The predicted molar refractivity (Wildman–Crippen MR) is 151 cm³/mol. The number of hydrogen-bond acceptors (Lipinski definition) is 1. The van der Waals surface area contributed by atoms with Crippen LogP contribution in [0.1, 0.15) is 0 Å². The third-order valence-corrected chi connectivity index (χ3v) is 7.37. The van der Waals surface area contributed by atoms with Crippen molar-refractivity contribution in [3.8, 4) is 16.8 Å². The lowest BCUT2D eigenvalue weighted by molar-refractivity contribution is 0.671. The monoisotopic (exact) mass is 459 g/mol. The van der Waals surface area contributed by atoms with Crippen molar-refractivity contribution in [3.05, 3.63) is 127 Å². The fraction of sp³-hybridized carbons (Fsp3) is 0. The van der Waals surface area contributed by atoms with Crippen molar-refractivity contribution < 1.29 is 4.42 Å². The zero-order valence-corrected chi connectivity index (χ0v) is 19.5. The Hall–Kier alpha value is -4.82. The highest BCUT2D eigenvalue weighted by atomic mass is 16.3. The van der Waals surface area contributed by atoms with Gasteiger partial charge in [0.05, 0.1) is 11.0 Å². The van der Waals surface area contributed by atoms with Gasteiger partial charge in [-0.25, -0.2) is 0 Å². The second-order valence-electron chi connectivity index (χ2n) is 9.40. The lowest BCUT2D eigenvalue weighted by Crippen LogP contribution is -1.94. The van der Waals surface area contributed by atoms with E-state index in [-0.39, 0.29) is 0 Å². The van der Waals surface area contributed by atoms with E-state index < -0.39 is 0 Å². The van der Waals surface area contributed by atoms with Crippen molar-refractivity contribution in [2.24, 2.45) is 0 Å². The number of hydrogen-bond donors (Lipinski definition) is 0. The Morgan fingerprint density at radius 1 is 0.472 bits per heavy atom. The van der Waals surface area contributed by atoms with Gasteiger partial charge < -0.3 is 8.98 Å². The zero-order valence-electron chi connectivity index (χ0n) is 19.5. The van der Waals surface area contributed by atoms with E-state index in [1.165, 1.54) is 38.2 Å². The van der Waals surface area contributed by atoms with Crippen LogP contribution in [0.2, 0.25) is 0 Å². The van der Waals surface area contributed by atoms with Crippen molar-refractivity contribution in [3.63, 3.8) is 0 Å². The summed E-state index contributed by atoms with van der Waals surface area (Å²) in [5.41, 5.74) is 7.73. The molecule has 168 valence electrons. The molecule has 0 atom stereocenters. The van der Waals surface area contributed by atoms with Gasteiger partial charge in [-0.3, -0.25) is 0 Å². The summed E-state index contributed by atoms with van der Waals surface area (Å²) < 4.78 is 8.87. The Balaban J connectivity index is 1.47. The largest absolute Gasteiger partial charge is 0.454 e. The molecule has 0 unspecified atom stereocenters. The molecule has 0 aliphatic carbocycles. The molecule has 8 aromatic rings. The van der Waals surface area contributed by atoms with Gasteiger partial charge in [0.1, 0.15) is 5.58 Å². The summed E-state index contributed by atoms with van der Waals surface area (Å²) in [4.78, 5) is 0. The minimum Gasteiger partial charge on any atom is -0.454 e. The van der Waals surface area contributed by atoms with Gasteiger partial charge in [-0.2, -0.15) is 0 Å². The predicted octanol–water partition coefficient (Wildman–Crippen LogP) is 9.50. The topological polar surface area (TPSA) is 18.1 Å². The van der Waals surface area contributed by atoms with Crippen LogP contribution in [-0.4, -0.2) is 4.57 Å². The number of fused-ring (bicyclic) bond motifs is 8. The molecular weight excluding hydrogens is 438 g/mol. The van der Waals surface area contributed by atoms with Crippen LogP contribution < -0.4 is 0 Å². The second kappa shape index (κ2) is 7.34. The Morgan fingerprint density at radius 2 is 1.22 bits per heavy atom. The van der Waals surface area contributed by atoms with Gasteiger partial charge in [-0.1, -0.05) is 91.0 Å². The van der Waals surface area contributed by atoms with Crippen molar-refractivity contribution >= 4 is 54.5 Å². The Bertz CT molecular complexity index is 2090. The van der Waals surface area contributed by atoms with E-state index in [4.69, 9.17) is 4.42 Å². The van der Waals surface area contributed by atoms with Gasteiger partial charge in [0, 0.05) is 27.2 Å². The van der Waals surface area contributed by atoms with E-state index in [1.807, 2.05) is 6.07 Å². The first-order chi connectivity index (χ1) is 17.8. The normalized spacial score (nSPS) is 11.9. The molecule has 2 nitrogen and oxygen atoms in total. The van der Waals surface area contributed by atoms with Gasteiger partial charge in [0.15, 0.2) is 5.58 Å². The van der Waals surface area contributed by atoms with Crippen LogP contribution >= 0.6 is 0 Å². The standard InChI is InChI=1S/C34H21NO/c1-2-8-22(9-3-1)24-15-14-23-16-17-26(21-25(23)20-24)35-31-12-6-4-10-27(31)29-18-19-30-28-11-5-7-13-32(28)36-34(30)33(29)35/h1-21H. The first-order valence-corrected chi connectivity index (χ1v) is 12.3. The van der Waals surface area contributed by atoms with Crippen molar-refractivity contribution in [2.75, 3.05) is 0 Å². The molecule has 6 aromatic carbocycles. The van der Waals surface area contributed by atoms with Crippen LogP contribution in [0.15, 0.2) is 132 Å². The van der Waals surface area contributed by atoms with Crippen molar-refractivity contribution in [1.82, 2.24) is 4.57 Å². The van der Waals surface area contributed by atoms with Gasteiger partial charge in [0.2, 0.25) is 0 Å². The maximum Gasteiger partial charge on any atom is 0.160 e. The summed E-state index contributed by atoms with van der Waals surface area (Å²) in [5, 5.41) is 7.18. The average molecular weight is 460 g/mol. The molecule has 36 heavy (non-hydrogen) atoms. The summed E-state index contributed by atoms with van der Waals surface area (Å²) in [5.74, 6) is 0. The average Bonchev–Trinajstić information content (AvgIpc) is 3.49. The summed E-state index contributed by atoms with van der Waals surface area (Å²) in [7, 11) is 0. The molecule has 0 aliphatic rings. The number of aromatic nitrogens is 1. The van der Waals surface area contributed by atoms with E-state index in [9.17, 15) is 0 Å². The van der Waals surface area contributed by atoms with Crippen LogP contribution in [0.3, 0.4) is 0 Å². The van der Waals surface area contributed by atoms with Gasteiger partial charge >= 0.3 is 0 Å². The molecule has 0 saturated heterocycles. The van der Waals surface area contributed by atoms with E-state index >= 15 is 0 Å². The molecule has 2 heterocycles. The molecule has 0 aliphatic heterocycles. The fourth-order valence-electron chi connectivity index (χ4n) is 5.68. The highest BCUT2D eigenvalue weighted by Gasteiger charge is 2.18. The Labute approximate surface area is 207 Å². The van der Waals surface area contributed by atoms with Crippen LogP contribution in [0.25, 0.3) is 71.3 Å². The summed E-state index contributed by atoms with van der Waals surface area (Å²) >= 11 is 0. The molecule has 0 bridgehead atoms. The Kier molecular flexibility index (Phi) is 3.97. The quantitative estimate of drug-likeness (QED) is 0.252. The number of nitrogens with zero attached hydrogens (tertiary/aromatic N) is 1. The lowest BCUT2D eigenvalue weighted by Gasteiger charge is -2.11. The highest BCUT2D eigenvalue weighted by Crippen LogP contribution is 2.40. The SMILES string of the molecule is c1ccc(-c2ccc3ccc(-n4c5ccccc5c5ccc6c7ccccc7oc6c54)cc3c2)cc1. The molecule has 2 aromatic heterocycles. The van der Waals surface area contributed by atoms with E-state index in [2.05, 4.69) is 126 Å². The van der Waals surface area contributed by atoms with Crippen LogP contribution in [0, 0.1) is 0 Å². The molecule has 0 radical (unpaired) electrons. The third kappa shape index (κ3) is 2.73. The molecule has 0 amide bonds. The first-order valence-electron chi connectivity index (χ1n) is 12.3. The van der Waals surface area contributed by atoms with Crippen LogP contribution in [-0.2, 0) is 0 Å². The van der Waals surface area contributed by atoms with Crippen molar-refractivity contribution in [2.45, 2.75) is 0 Å². The number of furan rings is 1. The maximum absolute atomic E-state index is 6.50. The fourth-order valence-corrected chi connectivity index (χ4v) is 5.68. The van der Waals surface area contributed by atoms with Crippen LogP contribution in [0.5, 0.6) is 0 Å². The minimum atomic E-state index is 0.919. The summed E-state index contributed by atoms with van der Waals surface area (Å²) in [6.07, 6.45) is 0. The molecular formula is C34H21NO. The second-order valence-corrected chi connectivity index (χ2v) is 9.40. The minimum absolute atomic E-state index is 0.919. The zero-order chi connectivity index (χ0) is 23.6. The number of rotatable bonds is 2. The van der Waals surface area contributed by atoms with E-state index in [0.29, 0.717) is 0 Å². The third-order valence-electron chi connectivity index (χ3n) is 7.37. The molecule has 0 N–H and O–H groups in total. The molecule has 0 saturated carbocycles. The van der Waals surface area contributed by atoms with E-state index in [0.717, 1.165) is 33.1 Å². The van der Waals surface area contributed by atoms with Gasteiger partial charge in [0.25, 0.3) is 0 Å². The van der Waals surface area contributed by atoms with E-state index in [1.54, 1.807) is 0 Å². The molecule has 0 spiro atoms. The lowest BCUT2D eigenvalue weighted by atomic mass is 10.0. The first kappa shape index (κ1) is 19.5. The summed E-state index contributed by atoms with van der Waals surface area (Å²) in [6.45, 7) is 0. The molecule has 8 rings (SSSR count).